The molecule has 0 aromatic heterocycles. The maximum Gasteiger partial charge on any atom is 0.318 e. The Bertz CT molecular complexity index is 216. The van der Waals surface area contributed by atoms with E-state index in [0.29, 0.717) is 0 Å². The van der Waals surface area contributed by atoms with Crippen LogP contribution in [0.2, 0.25) is 0 Å². The number of carbonyl (C=O) groups is 2. The molecule has 110 valence electrons. The van der Waals surface area contributed by atoms with E-state index in [0.717, 1.165) is 0 Å². The van der Waals surface area contributed by atoms with Crippen LogP contribution in [0.15, 0.2) is 0 Å². The van der Waals surface area contributed by atoms with Crippen molar-refractivity contribution in [2.24, 2.45) is 0 Å². The number of aliphatic hydroxyl groups excluding tert-OH is 2. The van der Waals surface area contributed by atoms with Gasteiger partial charge in [0.15, 0.2) is 0 Å². The molecule has 0 rings (SSSR count). The van der Waals surface area contributed by atoms with Crippen molar-refractivity contribution < 1.29 is 30.0 Å². The molecule has 6 nitrogen and oxygen atoms in total. The van der Waals surface area contributed by atoms with Crippen molar-refractivity contribution >= 4 is 37.2 Å². The fourth-order valence-corrected chi connectivity index (χ4v) is 0. The largest absolute Gasteiger partial charge is 0.480 e. The summed E-state index contributed by atoms with van der Waals surface area (Å²) in [6.07, 6.45) is 0. The molecule has 0 aromatic carbocycles. The third kappa shape index (κ3) is 20.9. The summed E-state index contributed by atoms with van der Waals surface area (Å²) in [6.45, 7) is 5.85. The van der Waals surface area contributed by atoms with E-state index in [1.165, 1.54) is 27.7 Å². The Labute approximate surface area is 118 Å². The van der Waals surface area contributed by atoms with Crippen LogP contribution in [0, 0.1) is 0 Å². The zero-order chi connectivity index (χ0) is 15.6. The molecule has 0 aliphatic rings. The quantitative estimate of drug-likeness (QED) is 0.424. The topological polar surface area (TPSA) is 115 Å². The van der Waals surface area contributed by atoms with Crippen LogP contribution in [0.5, 0.6) is 0 Å². The van der Waals surface area contributed by atoms with Crippen molar-refractivity contribution in [3.8, 4) is 0 Å². The van der Waals surface area contributed by atoms with Gasteiger partial charge in [0.1, 0.15) is 9.49 Å². The van der Waals surface area contributed by atoms with Crippen molar-refractivity contribution in [3.63, 3.8) is 0 Å². The van der Waals surface area contributed by atoms with Gasteiger partial charge in [-0.2, -0.15) is 25.3 Å². The highest BCUT2D eigenvalue weighted by Crippen LogP contribution is 2.10. The molecule has 0 radical (unpaired) electrons. The molecule has 0 fully saturated rings. The standard InChI is InChI=1S/2C4H8O2S.C2H6O2/c2*1-4(2,7)3(5)6;3-1-2-4/h2*7H,1-2H3,(H,5,6);3-4H,1-2H2. The molecule has 4 N–H and O–H groups in total. The predicted molar refractivity (Wildman–Crippen MR) is 75.6 cm³/mol. The van der Waals surface area contributed by atoms with Crippen LogP contribution in [-0.2, 0) is 9.59 Å². The van der Waals surface area contributed by atoms with Gasteiger partial charge in [-0.05, 0) is 27.7 Å². The zero-order valence-electron chi connectivity index (χ0n) is 10.9. The van der Waals surface area contributed by atoms with Gasteiger partial charge in [-0.25, -0.2) is 0 Å². The van der Waals surface area contributed by atoms with Crippen LogP contribution in [-0.4, -0.2) is 55.1 Å². The number of hydrogen-bond acceptors (Lipinski definition) is 6. The van der Waals surface area contributed by atoms with Crippen molar-refractivity contribution in [1.82, 2.24) is 0 Å². The van der Waals surface area contributed by atoms with Gasteiger partial charge in [0.25, 0.3) is 0 Å². The van der Waals surface area contributed by atoms with Gasteiger partial charge in [-0.1, -0.05) is 0 Å². The number of aliphatic hydroxyl groups is 2. The molecular formula is C10H22O6S2. The Morgan fingerprint density at radius 3 is 0.944 bits per heavy atom. The Kier molecular flexibility index (Phi) is 13.2. The Morgan fingerprint density at radius 2 is 0.944 bits per heavy atom. The SMILES string of the molecule is CC(C)(S)C(=O)O.CC(C)(S)C(=O)O.OCCO. The van der Waals surface area contributed by atoms with E-state index in [9.17, 15) is 9.59 Å². The number of carboxylic acids is 2. The highest BCUT2D eigenvalue weighted by molar-refractivity contribution is 7.82. The summed E-state index contributed by atoms with van der Waals surface area (Å²) in [5.41, 5.74) is 0. The minimum Gasteiger partial charge on any atom is -0.480 e. The minimum absolute atomic E-state index is 0.125. The fourth-order valence-electron chi connectivity index (χ4n) is 0. The molecule has 8 heteroatoms. The van der Waals surface area contributed by atoms with Crippen LogP contribution in [0.4, 0.5) is 0 Å². The van der Waals surface area contributed by atoms with Crippen molar-refractivity contribution in [1.29, 1.82) is 0 Å². The third-order valence-electron chi connectivity index (χ3n) is 1.15. The molecule has 18 heavy (non-hydrogen) atoms. The van der Waals surface area contributed by atoms with Crippen LogP contribution >= 0.6 is 25.3 Å². The Balaban J connectivity index is -0.000000196. The number of hydrogen-bond donors (Lipinski definition) is 6. The number of carboxylic acid groups (broad SMARTS) is 2. The zero-order valence-corrected chi connectivity index (χ0v) is 12.7. The van der Waals surface area contributed by atoms with Gasteiger partial charge in [0, 0.05) is 0 Å². The molecule has 0 aliphatic carbocycles. The Morgan fingerprint density at radius 1 is 0.833 bits per heavy atom. The van der Waals surface area contributed by atoms with Crippen molar-refractivity contribution in [3.05, 3.63) is 0 Å². The summed E-state index contributed by atoms with van der Waals surface area (Å²) in [5, 5.41) is 31.6. The molecule has 0 heterocycles. The van der Waals surface area contributed by atoms with Gasteiger partial charge >= 0.3 is 11.9 Å². The lowest BCUT2D eigenvalue weighted by Gasteiger charge is -2.07. The molecule has 0 amide bonds. The maximum atomic E-state index is 9.94. The summed E-state index contributed by atoms with van der Waals surface area (Å²) in [4.78, 5) is 19.9. The molecule has 0 spiro atoms. The molecular weight excluding hydrogens is 280 g/mol. The molecule has 0 saturated carbocycles. The summed E-state index contributed by atoms with van der Waals surface area (Å²) >= 11 is 7.50. The average molecular weight is 302 g/mol. The van der Waals surface area contributed by atoms with Gasteiger partial charge in [0.2, 0.25) is 0 Å². The fraction of sp³-hybridized carbons (Fsp3) is 0.800. The predicted octanol–water partition coefficient (Wildman–Crippen LogP) is 0.530. The Hall–Kier alpha value is -0.440. The summed E-state index contributed by atoms with van der Waals surface area (Å²) < 4.78 is -1.78. The second kappa shape index (κ2) is 10.5. The lowest BCUT2D eigenvalue weighted by molar-refractivity contribution is -0.139. The molecule has 0 aliphatic heterocycles. The molecule has 0 unspecified atom stereocenters. The second-order valence-electron chi connectivity index (χ2n) is 4.18. The highest BCUT2D eigenvalue weighted by Gasteiger charge is 2.20. The highest BCUT2D eigenvalue weighted by atomic mass is 32.1. The molecule has 0 bridgehead atoms. The van der Waals surface area contributed by atoms with Crippen LogP contribution < -0.4 is 0 Å². The van der Waals surface area contributed by atoms with E-state index in [-0.39, 0.29) is 13.2 Å². The van der Waals surface area contributed by atoms with Crippen molar-refractivity contribution in [2.45, 2.75) is 37.2 Å². The third-order valence-corrected chi connectivity index (χ3v) is 1.53. The first-order chi connectivity index (χ1) is 7.80. The normalized spacial score (nSPS) is 10.4. The molecule has 0 saturated heterocycles. The number of rotatable bonds is 3. The van der Waals surface area contributed by atoms with Gasteiger partial charge < -0.3 is 20.4 Å². The molecule has 0 aromatic rings. The van der Waals surface area contributed by atoms with E-state index in [2.05, 4.69) is 25.3 Å². The van der Waals surface area contributed by atoms with Crippen LogP contribution in [0.3, 0.4) is 0 Å². The van der Waals surface area contributed by atoms with Gasteiger partial charge in [0.05, 0.1) is 13.2 Å². The van der Waals surface area contributed by atoms with Gasteiger partial charge in [-0.15, -0.1) is 0 Å². The van der Waals surface area contributed by atoms with E-state index in [4.69, 9.17) is 20.4 Å². The van der Waals surface area contributed by atoms with E-state index < -0.39 is 21.4 Å². The van der Waals surface area contributed by atoms with Crippen LogP contribution in [0.25, 0.3) is 0 Å². The summed E-state index contributed by atoms with van der Waals surface area (Å²) in [7, 11) is 0. The minimum atomic E-state index is -0.893. The first-order valence-electron chi connectivity index (χ1n) is 4.94. The van der Waals surface area contributed by atoms with Crippen molar-refractivity contribution in [2.75, 3.05) is 13.2 Å². The summed E-state index contributed by atoms with van der Waals surface area (Å²) in [6, 6.07) is 0. The van der Waals surface area contributed by atoms with Crippen LogP contribution in [0.1, 0.15) is 27.7 Å². The first-order valence-corrected chi connectivity index (χ1v) is 5.83. The average Bonchev–Trinajstić information content (AvgIpc) is 2.16. The second-order valence-corrected chi connectivity index (χ2v) is 6.41. The maximum absolute atomic E-state index is 9.94. The molecule has 0 atom stereocenters. The number of aliphatic carboxylic acids is 2. The first kappa shape index (κ1) is 22.7. The monoisotopic (exact) mass is 302 g/mol. The van der Waals surface area contributed by atoms with Gasteiger partial charge in [-0.3, -0.25) is 9.59 Å². The number of thiol groups is 2. The summed E-state index contributed by atoms with van der Waals surface area (Å²) in [5.74, 6) is -1.79. The van der Waals surface area contributed by atoms with E-state index in [1.807, 2.05) is 0 Å². The van der Waals surface area contributed by atoms with E-state index in [1.54, 1.807) is 0 Å². The lowest BCUT2D eigenvalue weighted by Crippen LogP contribution is -2.23. The lowest BCUT2D eigenvalue weighted by atomic mass is 10.2. The smallest absolute Gasteiger partial charge is 0.318 e. The van der Waals surface area contributed by atoms with E-state index >= 15 is 0 Å².